The Morgan fingerprint density at radius 3 is 2.72 bits per heavy atom. The molecule has 1 spiro atoms. The molecule has 0 bridgehead atoms. The number of hydrogen-bond donors (Lipinski definition) is 2. The molecule has 5 aromatic rings. The molecule has 4 unspecified atom stereocenters. The van der Waals surface area contributed by atoms with Gasteiger partial charge in [-0.3, -0.25) is 4.79 Å². The van der Waals surface area contributed by atoms with Gasteiger partial charge in [0.05, 0.1) is 11.6 Å². The number of carbonyl (C=O) groups excluding carboxylic acids is 1. The Balaban J connectivity index is 1.08. The van der Waals surface area contributed by atoms with Crippen molar-refractivity contribution < 1.29 is 28.5 Å². The zero-order chi connectivity index (χ0) is 32.0. The Morgan fingerprint density at radius 2 is 1.87 bits per heavy atom. The van der Waals surface area contributed by atoms with Crippen molar-refractivity contribution in [2.45, 2.75) is 88.6 Å². The van der Waals surface area contributed by atoms with Crippen molar-refractivity contribution in [3.8, 4) is 11.5 Å². The maximum Gasteiger partial charge on any atom is 0.341 e. The molecule has 0 radical (unpaired) electrons. The Kier molecular flexibility index (Phi) is 6.38. The fraction of sp³-hybridized carbons (Fsp3) is 0.378. The third-order valence-corrected chi connectivity index (χ3v) is 10.1. The fourth-order valence-corrected chi connectivity index (χ4v) is 7.88. The predicted molar refractivity (Wildman–Crippen MR) is 174 cm³/mol. The highest BCUT2D eigenvalue weighted by Crippen LogP contribution is 2.53. The van der Waals surface area contributed by atoms with E-state index in [0.717, 1.165) is 40.1 Å². The van der Waals surface area contributed by atoms with E-state index in [2.05, 4.69) is 29.2 Å². The molecular weight excluding hydrogens is 584 g/mol. The zero-order valence-electron chi connectivity index (χ0n) is 26.1. The van der Waals surface area contributed by atoms with Gasteiger partial charge in [0.2, 0.25) is 0 Å². The molecule has 8 rings (SSSR count). The molecule has 3 N–H and O–H groups in total. The highest BCUT2D eigenvalue weighted by Gasteiger charge is 2.64. The van der Waals surface area contributed by atoms with Crippen LogP contribution in [0.4, 0.5) is 5.82 Å². The van der Waals surface area contributed by atoms with Gasteiger partial charge in [-0.2, -0.15) is 0 Å². The van der Waals surface area contributed by atoms with E-state index in [0.29, 0.717) is 48.6 Å². The molecule has 2 aromatic heterocycles. The fourth-order valence-electron chi connectivity index (χ4n) is 7.88. The molecule has 2 saturated heterocycles. The molecule has 236 valence electrons. The molecule has 3 aliphatic heterocycles. The van der Waals surface area contributed by atoms with E-state index in [1.807, 2.05) is 32.0 Å². The summed E-state index contributed by atoms with van der Waals surface area (Å²) in [5, 5.41) is 14.7. The number of aryl methyl sites for hydroxylation is 2. The Morgan fingerprint density at radius 1 is 1.04 bits per heavy atom. The number of nitrogens with two attached hydrogens (primary N) is 1. The summed E-state index contributed by atoms with van der Waals surface area (Å²) in [6, 6.07) is 17.3. The highest BCUT2D eigenvalue weighted by atomic mass is 16.7. The van der Waals surface area contributed by atoms with Gasteiger partial charge in [-0.05, 0) is 69.9 Å². The molecule has 0 saturated carbocycles. The van der Waals surface area contributed by atoms with Crippen LogP contribution in [-0.4, -0.2) is 39.5 Å². The van der Waals surface area contributed by atoms with Gasteiger partial charge in [0.15, 0.2) is 11.0 Å². The van der Waals surface area contributed by atoms with Gasteiger partial charge in [0.1, 0.15) is 45.8 Å². The minimum Gasteiger partial charge on any atom is -0.507 e. The number of rotatable bonds is 3. The van der Waals surface area contributed by atoms with Crippen molar-refractivity contribution in [2.75, 3.05) is 5.73 Å². The second-order valence-electron chi connectivity index (χ2n) is 13.5. The topological polar surface area (TPSA) is 137 Å². The maximum atomic E-state index is 14.0. The van der Waals surface area contributed by atoms with Gasteiger partial charge in [-0.15, -0.1) is 0 Å². The lowest BCUT2D eigenvalue weighted by molar-refractivity contribution is -0.170. The van der Waals surface area contributed by atoms with Crippen LogP contribution in [0.5, 0.6) is 11.5 Å². The lowest BCUT2D eigenvalue weighted by Crippen LogP contribution is -2.52. The maximum absolute atomic E-state index is 14.0. The third-order valence-electron chi connectivity index (χ3n) is 10.1. The smallest absolute Gasteiger partial charge is 0.341 e. The molecule has 9 heteroatoms. The van der Waals surface area contributed by atoms with E-state index in [9.17, 15) is 14.7 Å². The lowest BCUT2D eigenvalue weighted by Gasteiger charge is -2.44. The number of aromatic nitrogens is 1. The van der Waals surface area contributed by atoms with Crippen LogP contribution in [0.15, 0.2) is 63.8 Å². The van der Waals surface area contributed by atoms with Gasteiger partial charge < -0.3 is 29.5 Å². The molecule has 5 heterocycles. The Labute approximate surface area is 265 Å². The van der Waals surface area contributed by atoms with Crippen LogP contribution < -0.4 is 15.9 Å². The number of pyridine rings is 1. The highest BCUT2D eigenvalue weighted by molar-refractivity contribution is 6.06. The summed E-state index contributed by atoms with van der Waals surface area (Å²) in [7, 11) is 0. The van der Waals surface area contributed by atoms with Crippen molar-refractivity contribution in [1.82, 2.24) is 4.98 Å². The summed E-state index contributed by atoms with van der Waals surface area (Å²) < 4.78 is 24.7. The second-order valence-corrected chi connectivity index (χ2v) is 13.5. The van der Waals surface area contributed by atoms with Gasteiger partial charge in [0, 0.05) is 34.4 Å². The van der Waals surface area contributed by atoms with Crippen LogP contribution in [-0.2, 0) is 20.7 Å². The van der Waals surface area contributed by atoms with Crippen LogP contribution in [0.25, 0.3) is 32.6 Å². The summed E-state index contributed by atoms with van der Waals surface area (Å²) in [6.45, 7) is 5.45. The monoisotopic (exact) mass is 620 g/mol. The summed E-state index contributed by atoms with van der Waals surface area (Å²) in [6.07, 6.45) is 3.00. The number of esters is 1. The molecule has 4 atom stereocenters. The van der Waals surface area contributed by atoms with E-state index < -0.39 is 23.3 Å². The van der Waals surface area contributed by atoms with Gasteiger partial charge in [-0.25, -0.2) is 9.78 Å². The van der Waals surface area contributed by atoms with E-state index in [1.54, 1.807) is 13.0 Å². The number of epoxide rings is 1. The van der Waals surface area contributed by atoms with Crippen LogP contribution in [0.3, 0.4) is 0 Å². The number of anilines is 1. The van der Waals surface area contributed by atoms with E-state index in [4.69, 9.17) is 24.4 Å². The molecule has 9 nitrogen and oxygen atoms in total. The molecule has 0 amide bonds. The van der Waals surface area contributed by atoms with Crippen LogP contribution >= 0.6 is 0 Å². The number of benzene rings is 3. The van der Waals surface area contributed by atoms with Crippen LogP contribution in [0.2, 0.25) is 0 Å². The average molecular weight is 621 g/mol. The van der Waals surface area contributed by atoms with Crippen molar-refractivity contribution >= 4 is 44.4 Å². The third kappa shape index (κ3) is 4.43. The Hall–Kier alpha value is -4.63. The molecule has 0 aliphatic carbocycles. The summed E-state index contributed by atoms with van der Waals surface area (Å²) in [5.41, 5.74) is 6.68. The second kappa shape index (κ2) is 10.2. The number of phenolic OH excluding ortho intramolecular Hbond substituents is 1. The van der Waals surface area contributed by atoms with Crippen molar-refractivity contribution in [1.29, 1.82) is 0 Å². The van der Waals surface area contributed by atoms with Crippen molar-refractivity contribution in [3.05, 3.63) is 81.7 Å². The summed E-state index contributed by atoms with van der Waals surface area (Å²) >= 11 is 0. The average Bonchev–Trinajstić information content (AvgIpc) is 3.71. The number of carbonyl (C=O) groups is 1. The van der Waals surface area contributed by atoms with Gasteiger partial charge in [-0.1, -0.05) is 42.8 Å². The molecule has 3 aromatic carbocycles. The standard InChI is InChI=1S/C37H36N2O7/c1-19-16-25(40)31-26(43-19)18-27-30(33(31)41)24-10-6-7-15-37(35(42)44-34(24)36(2,3)45-27)28(46-37)14-12-21-17-29(38)39-32-22-9-5-4-8-20(22)11-13-23(21)32/h4-5,8-9,11,13,16-18,24,28,34,41H,6-7,10,12,14-15H2,1-3H3,(H2,38,39). The molecule has 2 fully saturated rings. The van der Waals surface area contributed by atoms with Crippen molar-refractivity contribution in [2.24, 2.45) is 0 Å². The molecule has 46 heavy (non-hydrogen) atoms. The predicted octanol–water partition coefficient (Wildman–Crippen LogP) is 6.60. The number of hydrogen-bond acceptors (Lipinski definition) is 9. The number of ether oxygens (including phenoxy) is 3. The summed E-state index contributed by atoms with van der Waals surface area (Å²) in [5.74, 6) is 0.388. The summed E-state index contributed by atoms with van der Waals surface area (Å²) in [4.78, 5) is 31.6. The zero-order valence-corrected chi connectivity index (χ0v) is 26.1. The number of nitrogens with zero attached hydrogens (tertiary/aromatic N) is 1. The lowest BCUT2D eigenvalue weighted by atomic mass is 9.77. The molecular formula is C37H36N2O7. The van der Waals surface area contributed by atoms with Gasteiger partial charge >= 0.3 is 5.97 Å². The first-order valence-corrected chi connectivity index (χ1v) is 16.0. The number of aromatic hydroxyl groups is 1. The van der Waals surface area contributed by atoms with Crippen LogP contribution in [0, 0.1) is 6.92 Å². The normalized spacial score (nSPS) is 25.3. The number of fused-ring (bicyclic) bond motifs is 7. The number of nitrogen functional groups attached to an aromatic ring is 1. The largest absolute Gasteiger partial charge is 0.507 e. The first kappa shape index (κ1) is 28.8. The first-order valence-electron chi connectivity index (χ1n) is 16.0. The van der Waals surface area contributed by atoms with Crippen LogP contribution in [0.1, 0.15) is 68.8 Å². The first-order chi connectivity index (χ1) is 22.1. The van der Waals surface area contributed by atoms with E-state index in [-0.39, 0.29) is 34.2 Å². The van der Waals surface area contributed by atoms with Crippen molar-refractivity contribution in [3.63, 3.8) is 0 Å². The van der Waals surface area contributed by atoms with E-state index >= 15 is 0 Å². The van der Waals surface area contributed by atoms with Gasteiger partial charge in [0.25, 0.3) is 0 Å². The Bertz CT molecular complexity index is 2140. The van der Waals surface area contributed by atoms with E-state index in [1.165, 1.54) is 6.07 Å². The minimum absolute atomic E-state index is 0.108. The quantitative estimate of drug-likeness (QED) is 0.130. The SMILES string of the molecule is Cc1cc(=O)c2c(O)c3c(cc2o1)OC(C)(C)C1OC(=O)C2(CCCCC31)OC2CCc1cc(N)nc2c1ccc1ccccc12. The minimum atomic E-state index is -1.03. The molecule has 3 aliphatic rings. The number of phenols is 1.